The van der Waals surface area contributed by atoms with Gasteiger partial charge in [0.25, 0.3) is 0 Å². The number of nitrogens with one attached hydrogen (secondary N) is 1. The van der Waals surface area contributed by atoms with Crippen molar-refractivity contribution < 1.29 is 9.53 Å². The largest absolute Gasteiger partial charge is 0.363 e. The second-order valence-electron chi connectivity index (χ2n) is 4.94. The number of ether oxygens (including phenoxy) is 1. The third kappa shape index (κ3) is 2.23. The lowest BCUT2D eigenvalue weighted by Crippen LogP contribution is -2.56. The first-order valence-electron chi connectivity index (χ1n) is 6.28. The molecule has 0 aromatic rings. The van der Waals surface area contributed by atoms with Crippen molar-refractivity contribution >= 4 is 5.91 Å². The molecule has 1 saturated heterocycles. The highest BCUT2D eigenvalue weighted by Crippen LogP contribution is 2.34. The third-order valence-electron chi connectivity index (χ3n) is 4.02. The molecule has 1 N–H and O–H groups in total. The lowest BCUT2D eigenvalue weighted by molar-refractivity contribution is -0.169. The van der Waals surface area contributed by atoms with Crippen molar-refractivity contribution in [2.75, 3.05) is 26.7 Å². The summed E-state index contributed by atoms with van der Waals surface area (Å²) < 4.78 is 5.82. The van der Waals surface area contributed by atoms with Gasteiger partial charge in [-0.25, -0.2) is 0 Å². The Kier molecular flexibility index (Phi) is 3.50. The zero-order valence-corrected chi connectivity index (χ0v) is 10.3. The van der Waals surface area contributed by atoms with E-state index in [0.717, 1.165) is 38.8 Å². The van der Waals surface area contributed by atoms with E-state index in [1.807, 2.05) is 18.9 Å². The number of amides is 1. The molecule has 0 bridgehead atoms. The number of nitrogens with zero attached hydrogens (tertiary/aromatic N) is 1. The predicted molar refractivity (Wildman–Crippen MR) is 62.3 cm³/mol. The Morgan fingerprint density at radius 2 is 2.19 bits per heavy atom. The van der Waals surface area contributed by atoms with Crippen LogP contribution in [0.5, 0.6) is 0 Å². The lowest BCUT2D eigenvalue weighted by Gasteiger charge is -2.46. The van der Waals surface area contributed by atoms with Gasteiger partial charge in [-0.05, 0) is 39.7 Å². The topological polar surface area (TPSA) is 41.6 Å². The maximum atomic E-state index is 11.6. The fraction of sp³-hybridized carbons (Fsp3) is 0.917. The number of carbonyl (C=O) groups excluding carboxylic acids is 1. The average molecular weight is 226 g/mol. The Hall–Kier alpha value is -0.610. The second-order valence-corrected chi connectivity index (χ2v) is 4.94. The van der Waals surface area contributed by atoms with E-state index in [9.17, 15) is 4.79 Å². The summed E-state index contributed by atoms with van der Waals surface area (Å²) in [7, 11) is 2.02. The zero-order valence-electron chi connectivity index (χ0n) is 10.3. The maximum Gasteiger partial charge on any atom is 0.248 e. The van der Waals surface area contributed by atoms with Crippen LogP contribution >= 0.6 is 0 Å². The average Bonchev–Trinajstić information content (AvgIpc) is 2.34. The second kappa shape index (κ2) is 4.72. The van der Waals surface area contributed by atoms with Crippen LogP contribution in [0.4, 0.5) is 0 Å². The van der Waals surface area contributed by atoms with Crippen LogP contribution in [0.1, 0.15) is 32.6 Å². The summed E-state index contributed by atoms with van der Waals surface area (Å²) in [6.07, 6.45) is 4.45. The van der Waals surface area contributed by atoms with Crippen molar-refractivity contribution in [2.45, 2.75) is 44.2 Å². The van der Waals surface area contributed by atoms with Crippen molar-refractivity contribution in [3.05, 3.63) is 0 Å². The van der Waals surface area contributed by atoms with E-state index in [2.05, 4.69) is 5.32 Å². The number of hydrogen-bond donors (Lipinski definition) is 1. The monoisotopic (exact) mass is 226 g/mol. The van der Waals surface area contributed by atoms with Gasteiger partial charge in [-0.2, -0.15) is 0 Å². The molecule has 4 nitrogen and oxygen atoms in total. The van der Waals surface area contributed by atoms with Gasteiger partial charge >= 0.3 is 0 Å². The summed E-state index contributed by atoms with van der Waals surface area (Å²) in [5.41, 5.74) is -0.0444. The highest BCUT2D eigenvalue weighted by molar-refractivity contribution is 5.78. The summed E-state index contributed by atoms with van der Waals surface area (Å²) >= 11 is 0. The van der Waals surface area contributed by atoms with Gasteiger partial charge in [0, 0.05) is 19.1 Å². The van der Waals surface area contributed by atoms with Crippen molar-refractivity contribution in [2.24, 2.45) is 0 Å². The summed E-state index contributed by atoms with van der Waals surface area (Å²) in [6.45, 7) is 3.91. The van der Waals surface area contributed by atoms with E-state index < -0.39 is 0 Å². The molecule has 1 amide bonds. The fourth-order valence-corrected chi connectivity index (χ4v) is 2.81. The number of carbonyl (C=O) groups is 1. The van der Waals surface area contributed by atoms with E-state index in [0.29, 0.717) is 6.04 Å². The van der Waals surface area contributed by atoms with Gasteiger partial charge in [-0.1, -0.05) is 0 Å². The summed E-state index contributed by atoms with van der Waals surface area (Å²) in [5, 5.41) is 3.32. The minimum absolute atomic E-state index is 0.0444. The Morgan fingerprint density at radius 1 is 1.50 bits per heavy atom. The Balaban J connectivity index is 1.96. The van der Waals surface area contributed by atoms with E-state index in [1.165, 1.54) is 0 Å². The van der Waals surface area contributed by atoms with Gasteiger partial charge in [0.05, 0.1) is 5.60 Å². The number of morpholine rings is 1. The first-order chi connectivity index (χ1) is 7.69. The van der Waals surface area contributed by atoms with E-state index in [-0.39, 0.29) is 18.1 Å². The summed E-state index contributed by atoms with van der Waals surface area (Å²) in [5.74, 6) is 0.142. The first kappa shape index (κ1) is 11.9. The number of hydrogen-bond acceptors (Lipinski definition) is 3. The number of rotatable bonds is 2. The molecule has 4 heteroatoms. The molecule has 1 heterocycles. The molecule has 1 aliphatic carbocycles. The van der Waals surface area contributed by atoms with Gasteiger partial charge in [0.2, 0.25) is 5.91 Å². The van der Waals surface area contributed by atoms with Crippen LogP contribution in [-0.4, -0.2) is 49.2 Å². The van der Waals surface area contributed by atoms with Gasteiger partial charge in [-0.15, -0.1) is 0 Å². The van der Waals surface area contributed by atoms with Crippen molar-refractivity contribution in [1.29, 1.82) is 0 Å². The van der Waals surface area contributed by atoms with Crippen LogP contribution < -0.4 is 5.32 Å². The van der Waals surface area contributed by atoms with Gasteiger partial charge in [0.15, 0.2) is 0 Å². The first-order valence-corrected chi connectivity index (χ1v) is 6.28. The van der Waals surface area contributed by atoms with Crippen LogP contribution in [0, 0.1) is 0 Å². The molecule has 1 spiro atoms. The lowest BCUT2D eigenvalue weighted by atomic mass is 9.81. The van der Waals surface area contributed by atoms with Crippen LogP contribution in [0.25, 0.3) is 0 Å². The number of likely N-dealkylation sites (N-methyl/N-ethyl adjacent to an activating group) is 1. The molecular formula is C12H22N2O2. The molecule has 1 saturated carbocycles. The maximum absolute atomic E-state index is 11.6. The fourth-order valence-electron chi connectivity index (χ4n) is 2.81. The highest BCUT2D eigenvalue weighted by atomic mass is 16.5. The quantitative estimate of drug-likeness (QED) is 0.756. The smallest absolute Gasteiger partial charge is 0.248 e. The van der Waals surface area contributed by atoms with E-state index in [1.54, 1.807) is 0 Å². The predicted octanol–water partition coefficient (Wildman–Crippen LogP) is 0.766. The molecule has 16 heavy (non-hydrogen) atoms. The van der Waals surface area contributed by atoms with Gasteiger partial charge in [-0.3, -0.25) is 4.79 Å². The van der Waals surface area contributed by atoms with Crippen molar-refractivity contribution in [3.8, 4) is 0 Å². The molecule has 2 fully saturated rings. The molecule has 0 aromatic carbocycles. The van der Waals surface area contributed by atoms with Crippen LogP contribution in [0.15, 0.2) is 0 Å². The molecule has 1 aliphatic heterocycles. The van der Waals surface area contributed by atoms with E-state index >= 15 is 0 Å². The Labute approximate surface area is 97.3 Å². The minimum Gasteiger partial charge on any atom is -0.363 e. The SMILES string of the molecule is CCN1C[C@]2(CC[C@H](NC)CC2)OCC1=O. The molecule has 0 aromatic heterocycles. The molecule has 0 radical (unpaired) electrons. The Morgan fingerprint density at radius 3 is 2.75 bits per heavy atom. The molecule has 0 unspecified atom stereocenters. The molecule has 92 valence electrons. The van der Waals surface area contributed by atoms with Crippen LogP contribution in [0.3, 0.4) is 0 Å². The van der Waals surface area contributed by atoms with Crippen molar-refractivity contribution in [3.63, 3.8) is 0 Å². The van der Waals surface area contributed by atoms with E-state index in [4.69, 9.17) is 4.74 Å². The normalized spacial score (nSPS) is 35.8. The third-order valence-corrected chi connectivity index (χ3v) is 4.02. The van der Waals surface area contributed by atoms with Crippen LogP contribution in [-0.2, 0) is 9.53 Å². The molecule has 2 rings (SSSR count). The highest BCUT2D eigenvalue weighted by Gasteiger charge is 2.41. The molecule has 2 aliphatic rings. The summed E-state index contributed by atoms with van der Waals surface area (Å²) in [6, 6.07) is 0.627. The summed E-state index contributed by atoms with van der Waals surface area (Å²) in [4.78, 5) is 13.5. The molecule has 0 atom stereocenters. The van der Waals surface area contributed by atoms with Gasteiger partial charge < -0.3 is 15.0 Å². The van der Waals surface area contributed by atoms with Crippen molar-refractivity contribution in [1.82, 2.24) is 10.2 Å². The van der Waals surface area contributed by atoms with Gasteiger partial charge in [0.1, 0.15) is 6.61 Å². The standard InChI is InChI=1S/C12H22N2O2/c1-3-14-9-12(16-8-11(14)15)6-4-10(13-2)5-7-12/h10,13H,3-9H2,1-2H3/t10-,12+. The minimum atomic E-state index is -0.0444. The zero-order chi connectivity index (χ0) is 11.6. The Bertz CT molecular complexity index is 260. The molecular weight excluding hydrogens is 204 g/mol. The van der Waals surface area contributed by atoms with Crippen LogP contribution in [0.2, 0.25) is 0 Å².